The molecule has 0 amide bonds. The van der Waals surface area contributed by atoms with Gasteiger partial charge in [0.2, 0.25) is 9.84 Å². The molecular weight excluding hydrogens is 288 g/mol. The van der Waals surface area contributed by atoms with Crippen LogP contribution in [-0.2, 0) is 14.6 Å². The average molecular weight is 312 g/mol. The van der Waals surface area contributed by atoms with Crippen LogP contribution in [0.25, 0.3) is 0 Å². The maximum absolute atomic E-state index is 12.8. The summed E-state index contributed by atoms with van der Waals surface area (Å²) in [5.74, 6) is 0.154. The van der Waals surface area contributed by atoms with Gasteiger partial charge in [0.1, 0.15) is 0 Å². The zero-order valence-electron chi connectivity index (χ0n) is 13.3. The number of ether oxygens (including phenoxy) is 1. The summed E-state index contributed by atoms with van der Waals surface area (Å²) in [4.78, 5) is -1.07. The molecule has 0 radical (unpaired) electrons. The van der Waals surface area contributed by atoms with Crippen LogP contribution in [-0.4, -0.2) is 25.1 Å². The SMILES string of the molecule is CCC(C)(OC/C(C)=C(\C)O)S(=O)(=O)c1ccc(C)cc1. The summed E-state index contributed by atoms with van der Waals surface area (Å²) in [6.07, 6.45) is 0.320. The van der Waals surface area contributed by atoms with Gasteiger partial charge in [0, 0.05) is 0 Å². The number of allylic oxidation sites excluding steroid dienone is 1. The molecule has 1 N–H and O–H groups in total. The van der Waals surface area contributed by atoms with Crippen molar-refractivity contribution >= 4 is 9.84 Å². The summed E-state index contributed by atoms with van der Waals surface area (Å²) in [7, 11) is -3.62. The van der Waals surface area contributed by atoms with Crippen LogP contribution in [0.1, 0.15) is 39.7 Å². The van der Waals surface area contributed by atoms with Crippen molar-refractivity contribution in [1.29, 1.82) is 0 Å². The molecule has 0 aromatic heterocycles. The first-order valence-electron chi connectivity index (χ1n) is 6.94. The van der Waals surface area contributed by atoms with Gasteiger partial charge in [-0.05, 0) is 51.8 Å². The number of rotatable bonds is 6. The first-order chi connectivity index (χ1) is 9.64. The Morgan fingerprint density at radius 2 is 1.76 bits per heavy atom. The van der Waals surface area contributed by atoms with Crippen molar-refractivity contribution < 1.29 is 18.3 Å². The molecule has 0 spiro atoms. The fourth-order valence-corrected chi connectivity index (χ4v) is 3.29. The van der Waals surface area contributed by atoms with E-state index in [0.717, 1.165) is 5.56 Å². The number of sulfone groups is 1. The summed E-state index contributed by atoms with van der Waals surface area (Å²) in [6, 6.07) is 6.74. The quantitative estimate of drug-likeness (QED) is 0.812. The molecule has 0 aliphatic heterocycles. The summed E-state index contributed by atoms with van der Waals surface area (Å²) in [6.45, 7) is 8.60. The third kappa shape index (κ3) is 3.86. The van der Waals surface area contributed by atoms with Crippen molar-refractivity contribution in [3.8, 4) is 0 Å². The Balaban J connectivity index is 3.11. The lowest BCUT2D eigenvalue weighted by Gasteiger charge is -2.29. The highest BCUT2D eigenvalue weighted by atomic mass is 32.2. The number of benzene rings is 1. The number of hydrogen-bond donors (Lipinski definition) is 1. The van der Waals surface area contributed by atoms with E-state index in [1.165, 1.54) is 0 Å². The zero-order valence-corrected chi connectivity index (χ0v) is 14.1. The minimum Gasteiger partial charge on any atom is -0.513 e. The number of aliphatic hydroxyl groups is 1. The molecule has 5 heteroatoms. The van der Waals surface area contributed by atoms with Gasteiger partial charge in [-0.15, -0.1) is 0 Å². The first-order valence-corrected chi connectivity index (χ1v) is 8.43. The lowest BCUT2D eigenvalue weighted by Crippen LogP contribution is -2.38. The van der Waals surface area contributed by atoms with Crippen LogP contribution in [0.5, 0.6) is 0 Å². The number of hydrogen-bond acceptors (Lipinski definition) is 4. The van der Waals surface area contributed by atoms with E-state index in [1.54, 1.807) is 52.0 Å². The van der Waals surface area contributed by atoms with Crippen molar-refractivity contribution in [2.24, 2.45) is 0 Å². The van der Waals surface area contributed by atoms with E-state index in [-0.39, 0.29) is 17.3 Å². The average Bonchev–Trinajstić information content (AvgIpc) is 2.44. The smallest absolute Gasteiger partial charge is 0.207 e. The third-order valence-electron chi connectivity index (χ3n) is 3.75. The van der Waals surface area contributed by atoms with Crippen LogP contribution in [0.4, 0.5) is 0 Å². The molecule has 1 unspecified atom stereocenters. The Kier molecular flexibility index (Phi) is 5.59. The van der Waals surface area contributed by atoms with Crippen LogP contribution in [0.2, 0.25) is 0 Å². The standard InChI is InChI=1S/C16H24O4S/c1-6-16(5,20-11-13(3)14(4)17)21(18,19)15-9-7-12(2)8-10-15/h7-10,17H,6,11H2,1-5H3/b14-13+. The summed E-state index contributed by atoms with van der Waals surface area (Å²) >= 11 is 0. The second-order valence-corrected chi connectivity index (χ2v) is 7.80. The van der Waals surface area contributed by atoms with Crippen LogP contribution >= 0.6 is 0 Å². The van der Waals surface area contributed by atoms with Crippen molar-refractivity contribution in [2.45, 2.75) is 50.9 Å². The lowest BCUT2D eigenvalue weighted by molar-refractivity contribution is 0.0420. The molecule has 0 heterocycles. The monoisotopic (exact) mass is 312 g/mol. The Hall–Kier alpha value is -1.33. The number of aliphatic hydroxyl groups excluding tert-OH is 1. The molecular formula is C16H24O4S. The van der Waals surface area contributed by atoms with Gasteiger partial charge >= 0.3 is 0 Å². The fraction of sp³-hybridized carbons (Fsp3) is 0.500. The second-order valence-electron chi connectivity index (χ2n) is 5.46. The van der Waals surface area contributed by atoms with E-state index < -0.39 is 14.8 Å². The normalized spacial score (nSPS) is 16.2. The van der Waals surface area contributed by atoms with Gasteiger partial charge in [-0.2, -0.15) is 0 Å². The highest BCUT2D eigenvalue weighted by Gasteiger charge is 2.39. The van der Waals surface area contributed by atoms with E-state index in [9.17, 15) is 13.5 Å². The van der Waals surface area contributed by atoms with Crippen LogP contribution < -0.4 is 0 Å². The molecule has 0 saturated heterocycles. The molecule has 1 aromatic rings. The predicted octanol–water partition coefficient (Wildman–Crippen LogP) is 3.76. The minimum atomic E-state index is -3.62. The molecule has 0 fully saturated rings. The van der Waals surface area contributed by atoms with Crippen molar-refractivity contribution in [1.82, 2.24) is 0 Å². The molecule has 0 aliphatic rings. The fourth-order valence-electron chi connectivity index (χ4n) is 1.70. The summed E-state index contributed by atoms with van der Waals surface area (Å²) in [5.41, 5.74) is 1.62. The molecule has 21 heavy (non-hydrogen) atoms. The third-order valence-corrected chi connectivity index (χ3v) is 6.19. The van der Waals surface area contributed by atoms with Gasteiger partial charge in [0.05, 0.1) is 17.3 Å². The Morgan fingerprint density at radius 3 is 2.19 bits per heavy atom. The van der Waals surface area contributed by atoms with E-state index in [2.05, 4.69) is 0 Å². The predicted molar refractivity (Wildman–Crippen MR) is 84.0 cm³/mol. The highest BCUT2D eigenvalue weighted by Crippen LogP contribution is 2.30. The molecule has 0 bridgehead atoms. The van der Waals surface area contributed by atoms with Crippen LogP contribution in [0.3, 0.4) is 0 Å². The Bertz CT molecular complexity index is 610. The van der Waals surface area contributed by atoms with Gasteiger partial charge in [0.15, 0.2) is 4.93 Å². The van der Waals surface area contributed by atoms with Gasteiger partial charge in [-0.3, -0.25) is 0 Å². The van der Waals surface area contributed by atoms with Gasteiger partial charge in [-0.1, -0.05) is 24.6 Å². The highest BCUT2D eigenvalue weighted by molar-refractivity contribution is 7.92. The molecule has 0 aliphatic carbocycles. The van der Waals surface area contributed by atoms with E-state index in [0.29, 0.717) is 12.0 Å². The molecule has 118 valence electrons. The second kappa shape index (κ2) is 6.62. The van der Waals surface area contributed by atoms with E-state index >= 15 is 0 Å². The van der Waals surface area contributed by atoms with Crippen molar-refractivity contribution in [2.75, 3.05) is 6.61 Å². The molecule has 1 rings (SSSR count). The van der Waals surface area contributed by atoms with Crippen molar-refractivity contribution in [3.05, 3.63) is 41.2 Å². The zero-order chi connectivity index (χ0) is 16.3. The maximum Gasteiger partial charge on any atom is 0.207 e. The largest absolute Gasteiger partial charge is 0.513 e. The molecule has 4 nitrogen and oxygen atoms in total. The number of aryl methyl sites for hydroxylation is 1. The van der Waals surface area contributed by atoms with Crippen LogP contribution in [0.15, 0.2) is 40.5 Å². The van der Waals surface area contributed by atoms with Gasteiger partial charge in [0.25, 0.3) is 0 Å². The summed E-state index contributed by atoms with van der Waals surface area (Å²) < 4.78 is 31.2. The van der Waals surface area contributed by atoms with Crippen molar-refractivity contribution in [3.63, 3.8) is 0 Å². The Morgan fingerprint density at radius 1 is 1.24 bits per heavy atom. The van der Waals surface area contributed by atoms with Gasteiger partial charge in [-0.25, -0.2) is 8.42 Å². The first kappa shape index (κ1) is 17.7. The van der Waals surface area contributed by atoms with Gasteiger partial charge < -0.3 is 9.84 Å². The molecule has 1 atom stereocenters. The Labute approximate surface area is 127 Å². The summed E-state index contributed by atoms with van der Waals surface area (Å²) in [5, 5.41) is 9.39. The molecule has 0 saturated carbocycles. The maximum atomic E-state index is 12.8. The van der Waals surface area contributed by atoms with E-state index in [4.69, 9.17) is 4.74 Å². The topological polar surface area (TPSA) is 63.6 Å². The van der Waals surface area contributed by atoms with E-state index in [1.807, 2.05) is 6.92 Å². The molecule has 1 aromatic carbocycles. The minimum absolute atomic E-state index is 0.0811. The lowest BCUT2D eigenvalue weighted by atomic mass is 10.2. The van der Waals surface area contributed by atoms with Crippen LogP contribution in [0, 0.1) is 6.92 Å².